The predicted octanol–water partition coefficient (Wildman–Crippen LogP) is 1.16. The first-order chi connectivity index (χ1) is 6.20. The minimum atomic E-state index is -0.214. The molecule has 2 N–H and O–H groups in total. The molecular weight excluding hydrogens is 166 g/mol. The molecule has 0 saturated heterocycles. The Morgan fingerprint density at radius 3 is 2.62 bits per heavy atom. The van der Waals surface area contributed by atoms with E-state index >= 15 is 0 Å². The standard InChI is InChI=1S/C10H23NO2/c1-4-6-10(12)7-11-9(3)8-13-5-2/h9-12H,4-8H2,1-3H3. The molecule has 13 heavy (non-hydrogen) atoms. The van der Waals surface area contributed by atoms with E-state index in [9.17, 15) is 5.11 Å². The fourth-order valence-corrected chi connectivity index (χ4v) is 1.13. The summed E-state index contributed by atoms with van der Waals surface area (Å²) in [5.41, 5.74) is 0. The Morgan fingerprint density at radius 2 is 2.08 bits per heavy atom. The van der Waals surface area contributed by atoms with Crippen molar-refractivity contribution in [1.82, 2.24) is 5.32 Å². The fourth-order valence-electron chi connectivity index (χ4n) is 1.13. The van der Waals surface area contributed by atoms with Crippen LogP contribution in [0.1, 0.15) is 33.6 Å². The Bertz CT molecular complexity index is 109. The quantitative estimate of drug-likeness (QED) is 0.602. The Morgan fingerprint density at radius 1 is 1.38 bits per heavy atom. The van der Waals surface area contributed by atoms with E-state index in [1.165, 1.54) is 0 Å². The summed E-state index contributed by atoms with van der Waals surface area (Å²) in [4.78, 5) is 0. The van der Waals surface area contributed by atoms with Gasteiger partial charge in [0, 0.05) is 19.2 Å². The van der Waals surface area contributed by atoms with Crippen molar-refractivity contribution in [2.45, 2.75) is 45.8 Å². The third-order valence-electron chi connectivity index (χ3n) is 1.90. The molecule has 0 bridgehead atoms. The highest BCUT2D eigenvalue weighted by molar-refractivity contribution is 4.64. The lowest BCUT2D eigenvalue weighted by Crippen LogP contribution is -2.36. The van der Waals surface area contributed by atoms with Crippen LogP contribution in [-0.2, 0) is 4.74 Å². The van der Waals surface area contributed by atoms with Gasteiger partial charge in [0.15, 0.2) is 0 Å². The lowest BCUT2D eigenvalue weighted by atomic mass is 10.2. The lowest BCUT2D eigenvalue weighted by Gasteiger charge is -2.16. The van der Waals surface area contributed by atoms with Crippen molar-refractivity contribution in [2.75, 3.05) is 19.8 Å². The van der Waals surface area contributed by atoms with Crippen LogP contribution < -0.4 is 5.32 Å². The van der Waals surface area contributed by atoms with Crippen LogP contribution in [0.5, 0.6) is 0 Å². The molecule has 0 saturated carbocycles. The number of hydrogen-bond acceptors (Lipinski definition) is 3. The normalized spacial score (nSPS) is 15.7. The number of aliphatic hydroxyl groups excluding tert-OH is 1. The van der Waals surface area contributed by atoms with Gasteiger partial charge in [-0.1, -0.05) is 13.3 Å². The van der Waals surface area contributed by atoms with Crippen LogP contribution >= 0.6 is 0 Å². The summed E-state index contributed by atoms with van der Waals surface area (Å²) in [6.07, 6.45) is 1.69. The van der Waals surface area contributed by atoms with Crippen molar-refractivity contribution in [1.29, 1.82) is 0 Å². The maximum absolute atomic E-state index is 9.42. The van der Waals surface area contributed by atoms with E-state index in [1.807, 2.05) is 6.92 Å². The van der Waals surface area contributed by atoms with Gasteiger partial charge in [-0.05, 0) is 20.3 Å². The summed E-state index contributed by atoms with van der Waals surface area (Å²) in [7, 11) is 0. The maximum atomic E-state index is 9.42. The zero-order valence-electron chi connectivity index (χ0n) is 9.05. The van der Waals surface area contributed by atoms with Crippen molar-refractivity contribution in [2.24, 2.45) is 0 Å². The first kappa shape index (κ1) is 12.9. The fraction of sp³-hybridized carbons (Fsp3) is 1.00. The largest absolute Gasteiger partial charge is 0.392 e. The summed E-state index contributed by atoms with van der Waals surface area (Å²) >= 11 is 0. The van der Waals surface area contributed by atoms with Gasteiger partial charge >= 0.3 is 0 Å². The second kappa shape index (κ2) is 8.48. The molecule has 3 nitrogen and oxygen atoms in total. The Balaban J connectivity index is 3.29. The zero-order chi connectivity index (χ0) is 10.1. The summed E-state index contributed by atoms with van der Waals surface area (Å²) in [5, 5.41) is 12.6. The highest BCUT2D eigenvalue weighted by Gasteiger charge is 2.05. The van der Waals surface area contributed by atoms with Crippen molar-refractivity contribution >= 4 is 0 Å². The average Bonchev–Trinajstić information content (AvgIpc) is 2.12. The molecule has 0 rings (SSSR count). The molecule has 0 amide bonds. The highest BCUT2D eigenvalue weighted by atomic mass is 16.5. The monoisotopic (exact) mass is 189 g/mol. The van der Waals surface area contributed by atoms with E-state index < -0.39 is 0 Å². The lowest BCUT2D eigenvalue weighted by molar-refractivity contribution is 0.113. The first-order valence-electron chi connectivity index (χ1n) is 5.19. The van der Waals surface area contributed by atoms with Gasteiger partial charge in [0.1, 0.15) is 0 Å². The topological polar surface area (TPSA) is 41.5 Å². The summed E-state index contributed by atoms with van der Waals surface area (Å²) < 4.78 is 5.24. The number of rotatable bonds is 8. The van der Waals surface area contributed by atoms with Crippen LogP contribution in [0.2, 0.25) is 0 Å². The molecular formula is C10H23NO2. The molecule has 0 aliphatic carbocycles. The second-order valence-corrected chi connectivity index (χ2v) is 3.41. The van der Waals surface area contributed by atoms with Gasteiger partial charge in [-0.2, -0.15) is 0 Å². The van der Waals surface area contributed by atoms with Gasteiger partial charge in [0.05, 0.1) is 12.7 Å². The van der Waals surface area contributed by atoms with Crippen LogP contribution in [0.15, 0.2) is 0 Å². The minimum Gasteiger partial charge on any atom is -0.392 e. The molecule has 0 radical (unpaired) electrons. The van der Waals surface area contributed by atoms with Gasteiger partial charge < -0.3 is 15.2 Å². The Kier molecular flexibility index (Phi) is 8.40. The first-order valence-corrected chi connectivity index (χ1v) is 5.19. The highest BCUT2D eigenvalue weighted by Crippen LogP contribution is 1.94. The van der Waals surface area contributed by atoms with Crippen molar-refractivity contribution < 1.29 is 9.84 Å². The van der Waals surface area contributed by atoms with Crippen LogP contribution in [0.3, 0.4) is 0 Å². The van der Waals surface area contributed by atoms with E-state index in [2.05, 4.69) is 19.2 Å². The third-order valence-corrected chi connectivity index (χ3v) is 1.90. The number of nitrogens with one attached hydrogen (secondary N) is 1. The van der Waals surface area contributed by atoms with Crippen molar-refractivity contribution in [3.8, 4) is 0 Å². The van der Waals surface area contributed by atoms with Gasteiger partial charge in [0.2, 0.25) is 0 Å². The molecule has 0 fully saturated rings. The molecule has 0 aromatic carbocycles. The number of aliphatic hydroxyl groups is 1. The number of ether oxygens (including phenoxy) is 1. The summed E-state index contributed by atoms with van der Waals surface area (Å²) in [6, 6.07) is 0.325. The minimum absolute atomic E-state index is 0.214. The van der Waals surface area contributed by atoms with E-state index in [0.717, 1.165) is 26.1 Å². The molecule has 0 heterocycles. The van der Waals surface area contributed by atoms with Gasteiger partial charge in [-0.15, -0.1) is 0 Å². The SMILES string of the molecule is CCCC(O)CNC(C)COCC. The van der Waals surface area contributed by atoms with E-state index in [-0.39, 0.29) is 6.10 Å². The third kappa shape index (κ3) is 8.22. The molecule has 2 atom stereocenters. The molecule has 0 aromatic heterocycles. The molecule has 0 aliphatic heterocycles. The summed E-state index contributed by atoms with van der Waals surface area (Å²) in [6.45, 7) is 8.26. The van der Waals surface area contributed by atoms with Crippen molar-refractivity contribution in [3.63, 3.8) is 0 Å². The van der Waals surface area contributed by atoms with Crippen molar-refractivity contribution in [3.05, 3.63) is 0 Å². The van der Waals surface area contributed by atoms with Gasteiger partial charge in [-0.25, -0.2) is 0 Å². The molecule has 0 aliphatic rings. The molecule has 0 aromatic rings. The van der Waals surface area contributed by atoms with Crippen LogP contribution in [0, 0.1) is 0 Å². The van der Waals surface area contributed by atoms with Gasteiger partial charge in [-0.3, -0.25) is 0 Å². The molecule has 0 spiro atoms. The zero-order valence-corrected chi connectivity index (χ0v) is 9.05. The average molecular weight is 189 g/mol. The Hall–Kier alpha value is -0.120. The van der Waals surface area contributed by atoms with Crippen LogP contribution in [-0.4, -0.2) is 37.0 Å². The van der Waals surface area contributed by atoms with E-state index in [4.69, 9.17) is 4.74 Å². The van der Waals surface area contributed by atoms with E-state index in [0.29, 0.717) is 12.6 Å². The molecule has 80 valence electrons. The summed E-state index contributed by atoms with van der Waals surface area (Å²) in [5.74, 6) is 0. The Labute approximate surface area is 81.5 Å². The second-order valence-electron chi connectivity index (χ2n) is 3.41. The molecule has 3 heteroatoms. The van der Waals surface area contributed by atoms with Gasteiger partial charge in [0.25, 0.3) is 0 Å². The van der Waals surface area contributed by atoms with Crippen LogP contribution in [0.4, 0.5) is 0 Å². The smallest absolute Gasteiger partial charge is 0.0664 e. The number of hydrogen-bond donors (Lipinski definition) is 2. The van der Waals surface area contributed by atoms with E-state index in [1.54, 1.807) is 0 Å². The maximum Gasteiger partial charge on any atom is 0.0664 e. The van der Waals surface area contributed by atoms with Crippen LogP contribution in [0.25, 0.3) is 0 Å². The molecule has 2 unspecified atom stereocenters. The predicted molar refractivity (Wildman–Crippen MR) is 54.9 cm³/mol.